The van der Waals surface area contributed by atoms with Gasteiger partial charge in [-0.1, -0.05) is 30.3 Å². The van der Waals surface area contributed by atoms with Crippen molar-refractivity contribution >= 4 is 46.2 Å². The van der Waals surface area contributed by atoms with E-state index >= 15 is 0 Å². The minimum absolute atomic E-state index is 0.00442. The lowest BCUT2D eigenvalue weighted by molar-refractivity contribution is -0.383. The van der Waals surface area contributed by atoms with E-state index in [1.165, 1.54) is 53.6 Å². The maximum Gasteiger partial charge on any atom is 0.340 e. The number of anilines is 2. The van der Waals surface area contributed by atoms with Crippen molar-refractivity contribution in [1.82, 2.24) is 0 Å². The molecule has 0 saturated carbocycles. The van der Waals surface area contributed by atoms with E-state index in [-0.39, 0.29) is 22.8 Å². The number of hydrogen-bond acceptors (Lipinski definition) is 7. The third kappa shape index (κ3) is 5.11. The zero-order chi connectivity index (χ0) is 22.4. The number of nitro benzene ring substituents is 1. The van der Waals surface area contributed by atoms with Crippen molar-refractivity contribution < 1.29 is 24.0 Å². The number of carbonyl (C=O) groups is 3. The molecule has 2 aromatic carbocycles. The van der Waals surface area contributed by atoms with Crippen molar-refractivity contribution in [3.8, 4) is 0 Å². The molecule has 31 heavy (non-hydrogen) atoms. The minimum atomic E-state index is -0.806. The number of benzene rings is 2. The van der Waals surface area contributed by atoms with Crippen molar-refractivity contribution in [3.63, 3.8) is 0 Å². The molecule has 0 fully saturated rings. The van der Waals surface area contributed by atoms with E-state index in [0.29, 0.717) is 10.6 Å². The van der Waals surface area contributed by atoms with Gasteiger partial charge in [-0.15, -0.1) is 11.3 Å². The highest BCUT2D eigenvalue weighted by atomic mass is 32.1. The zero-order valence-electron chi connectivity index (χ0n) is 16.3. The Hall–Kier alpha value is -4.05. The summed E-state index contributed by atoms with van der Waals surface area (Å²) in [6.07, 6.45) is 0. The summed E-state index contributed by atoms with van der Waals surface area (Å²) in [5.41, 5.74) is 0.148. The molecule has 1 N–H and O–H groups in total. The molecule has 2 amide bonds. The van der Waals surface area contributed by atoms with Crippen molar-refractivity contribution in [3.05, 3.63) is 86.6 Å². The molecule has 0 aliphatic heterocycles. The average Bonchev–Trinajstić information content (AvgIpc) is 3.31. The number of amides is 2. The van der Waals surface area contributed by atoms with Crippen molar-refractivity contribution in [2.24, 2.45) is 0 Å². The summed E-state index contributed by atoms with van der Waals surface area (Å²) in [6.45, 7) is -0.651. The van der Waals surface area contributed by atoms with Crippen LogP contribution in [0.2, 0.25) is 0 Å². The molecule has 1 aromatic heterocycles. The number of ether oxygens (including phenoxy) is 1. The number of esters is 1. The molecule has 0 bridgehead atoms. The highest BCUT2D eigenvalue weighted by molar-refractivity contribution is 7.12. The van der Waals surface area contributed by atoms with Gasteiger partial charge in [0.15, 0.2) is 6.61 Å². The monoisotopic (exact) mass is 439 g/mol. The Morgan fingerprint density at radius 3 is 2.48 bits per heavy atom. The quantitative estimate of drug-likeness (QED) is 0.340. The first-order valence-corrected chi connectivity index (χ1v) is 9.87. The molecule has 0 aliphatic rings. The van der Waals surface area contributed by atoms with Crippen molar-refractivity contribution in [2.45, 2.75) is 0 Å². The van der Waals surface area contributed by atoms with Crippen LogP contribution >= 0.6 is 11.3 Å². The Morgan fingerprint density at radius 2 is 1.77 bits per heavy atom. The first-order chi connectivity index (χ1) is 14.9. The van der Waals surface area contributed by atoms with Gasteiger partial charge in [-0.25, -0.2) is 4.79 Å². The maximum absolute atomic E-state index is 12.6. The highest BCUT2D eigenvalue weighted by Crippen LogP contribution is 2.24. The third-order valence-corrected chi connectivity index (χ3v) is 5.09. The highest BCUT2D eigenvalue weighted by Gasteiger charge is 2.22. The number of nitrogens with zero attached hydrogens (tertiary/aromatic N) is 2. The fourth-order valence-corrected chi connectivity index (χ4v) is 3.45. The second-order valence-electron chi connectivity index (χ2n) is 6.26. The van der Waals surface area contributed by atoms with Crippen molar-refractivity contribution in [1.29, 1.82) is 0 Å². The van der Waals surface area contributed by atoms with Gasteiger partial charge in [-0.2, -0.15) is 0 Å². The Labute approximate surface area is 181 Å². The number of rotatable bonds is 7. The van der Waals surface area contributed by atoms with Crippen LogP contribution in [0.3, 0.4) is 0 Å². The number of para-hydroxylation sites is 3. The van der Waals surface area contributed by atoms with Crippen LogP contribution in [0.4, 0.5) is 17.1 Å². The molecule has 0 atom stereocenters. The van der Waals surface area contributed by atoms with E-state index in [2.05, 4.69) is 5.32 Å². The van der Waals surface area contributed by atoms with Crippen LogP contribution in [0.15, 0.2) is 66.0 Å². The molecule has 0 radical (unpaired) electrons. The molecular formula is C21H17N3O6S. The Balaban J connectivity index is 1.68. The first-order valence-electron chi connectivity index (χ1n) is 8.99. The lowest BCUT2D eigenvalue weighted by Gasteiger charge is -2.19. The van der Waals surface area contributed by atoms with Gasteiger partial charge in [0.25, 0.3) is 17.5 Å². The van der Waals surface area contributed by atoms with Crippen molar-refractivity contribution in [2.75, 3.05) is 23.9 Å². The standard InChI is InChI=1S/C21H17N3O6S/c1-23(20(26)18-11-6-12-31-18)16-9-4-2-7-14(16)21(27)30-13-19(25)22-15-8-3-5-10-17(15)24(28)29/h2-12H,13H2,1H3,(H,22,25). The molecule has 3 rings (SSSR count). The summed E-state index contributed by atoms with van der Waals surface area (Å²) in [6, 6.07) is 15.4. The number of thiophene rings is 1. The van der Waals surface area contributed by atoms with Crippen LogP contribution in [0.25, 0.3) is 0 Å². The van der Waals surface area contributed by atoms with E-state index in [1.807, 2.05) is 0 Å². The van der Waals surface area contributed by atoms with Gasteiger partial charge in [0.2, 0.25) is 0 Å². The van der Waals surface area contributed by atoms with E-state index in [0.717, 1.165) is 0 Å². The van der Waals surface area contributed by atoms with Gasteiger partial charge in [0, 0.05) is 13.1 Å². The molecule has 0 saturated heterocycles. The SMILES string of the molecule is CN(C(=O)c1cccs1)c1ccccc1C(=O)OCC(=O)Nc1ccccc1[N+](=O)[O-]. The van der Waals surface area contributed by atoms with Crippen LogP contribution in [0.1, 0.15) is 20.0 Å². The van der Waals surface area contributed by atoms with E-state index < -0.39 is 23.4 Å². The Morgan fingerprint density at radius 1 is 1.06 bits per heavy atom. The van der Waals surface area contributed by atoms with Crippen LogP contribution in [0.5, 0.6) is 0 Å². The Kier molecular flexibility index (Phi) is 6.73. The van der Waals surface area contributed by atoms with Gasteiger partial charge in [-0.3, -0.25) is 19.7 Å². The second-order valence-corrected chi connectivity index (χ2v) is 7.20. The van der Waals surface area contributed by atoms with E-state index in [4.69, 9.17) is 4.74 Å². The molecule has 1 heterocycles. The largest absolute Gasteiger partial charge is 0.452 e. The third-order valence-electron chi connectivity index (χ3n) is 4.23. The van der Waals surface area contributed by atoms with Gasteiger partial charge in [0.1, 0.15) is 5.69 Å². The van der Waals surface area contributed by atoms with Gasteiger partial charge in [-0.05, 0) is 29.6 Å². The molecule has 0 spiro atoms. The van der Waals surface area contributed by atoms with Crippen LogP contribution < -0.4 is 10.2 Å². The number of hydrogen-bond donors (Lipinski definition) is 1. The summed E-state index contributed by atoms with van der Waals surface area (Å²) in [5, 5.41) is 15.2. The predicted octanol–water partition coefficient (Wildman–Crippen LogP) is 3.73. The van der Waals surface area contributed by atoms with Crippen LogP contribution in [0, 0.1) is 10.1 Å². The van der Waals surface area contributed by atoms with Gasteiger partial charge < -0.3 is 15.0 Å². The number of nitro groups is 1. The van der Waals surface area contributed by atoms with Gasteiger partial charge in [0.05, 0.1) is 21.1 Å². The van der Waals surface area contributed by atoms with Crippen LogP contribution in [-0.2, 0) is 9.53 Å². The lowest BCUT2D eigenvalue weighted by Crippen LogP contribution is -2.28. The number of carbonyl (C=O) groups excluding carboxylic acids is 3. The molecular weight excluding hydrogens is 422 g/mol. The molecule has 0 unspecified atom stereocenters. The lowest BCUT2D eigenvalue weighted by atomic mass is 10.1. The Bertz CT molecular complexity index is 1130. The van der Waals surface area contributed by atoms with E-state index in [9.17, 15) is 24.5 Å². The summed E-state index contributed by atoms with van der Waals surface area (Å²) < 4.78 is 5.07. The zero-order valence-corrected chi connectivity index (χ0v) is 17.1. The molecule has 9 nitrogen and oxygen atoms in total. The smallest absolute Gasteiger partial charge is 0.340 e. The topological polar surface area (TPSA) is 119 Å². The first kappa shape index (κ1) is 21.7. The number of nitrogens with one attached hydrogen (secondary N) is 1. The molecule has 10 heteroatoms. The minimum Gasteiger partial charge on any atom is -0.452 e. The van der Waals surface area contributed by atoms with E-state index in [1.54, 1.807) is 35.7 Å². The fraction of sp³-hybridized carbons (Fsp3) is 0.0952. The average molecular weight is 439 g/mol. The molecule has 158 valence electrons. The normalized spacial score (nSPS) is 10.2. The molecule has 0 aliphatic carbocycles. The van der Waals surface area contributed by atoms with Crippen LogP contribution in [-0.4, -0.2) is 36.4 Å². The fourth-order valence-electron chi connectivity index (χ4n) is 2.75. The molecule has 3 aromatic rings. The maximum atomic E-state index is 12.6. The summed E-state index contributed by atoms with van der Waals surface area (Å²) in [7, 11) is 1.54. The second kappa shape index (κ2) is 9.63. The predicted molar refractivity (Wildman–Crippen MR) is 116 cm³/mol. The summed E-state index contributed by atoms with van der Waals surface area (Å²) in [4.78, 5) is 49.5. The summed E-state index contributed by atoms with van der Waals surface area (Å²) in [5.74, 6) is -1.83. The van der Waals surface area contributed by atoms with Gasteiger partial charge >= 0.3 is 5.97 Å². The summed E-state index contributed by atoms with van der Waals surface area (Å²) >= 11 is 1.28.